The quantitative estimate of drug-likeness (QED) is 0.829. The Hall–Kier alpha value is -1.96. The zero-order valence-corrected chi connectivity index (χ0v) is 10.1. The molecule has 18 heavy (non-hydrogen) atoms. The number of anilines is 1. The van der Waals surface area contributed by atoms with Gasteiger partial charge in [0.2, 0.25) is 0 Å². The molecule has 1 rings (SSSR count). The van der Waals surface area contributed by atoms with Crippen molar-refractivity contribution in [3.05, 3.63) is 41.0 Å². The van der Waals surface area contributed by atoms with Gasteiger partial charge in [0.15, 0.2) is 0 Å². The molecule has 0 heterocycles. The Bertz CT molecular complexity index is 492. The van der Waals surface area contributed by atoms with Crippen LogP contribution < -0.4 is 5.32 Å². The third-order valence-corrected chi connectivity index (χ3v) is 2.26. The molecule has 0 amide bonds. The van der Waals surface area contributed by atoms with Crippen molar-refractivity contribution in [2.24, 2.45) is 0 Å². The molecule has 1 N–H and O–H groups in total. The third kappa shape index (κ3) is 3.81. The van der Waals surface area contributed by atoms with E-state index in [-0.39, 0.29) is 5.56 Å². The maximum atomic E-state index is 12.5. The summed E-state index contributed by atoms with van der Waals surface area (Å²) in [6, 6.07) is 5.02. The van der Waals surface area contributed by atoms with Gasteiger partial charge in [0, 0.05) is 12.2 Å². The fraction of sp³-hybridized carbons (Fsp3) is 0.308. The Balaban J connectivity index is 2.94. The first-order valence-corrected chi connectivity index (χ1v) is 5.33. The van der Waals surface area contributed by atoms with Gasteiger partial charge in [-0.15, -0.1) is 0 Å². The highest BCUT2D eigenvalue weighted by atomic mass is 19.4. The number of alkyl halides is 3. The van der Waals surface area contributed by atoms with Crippen LogP contribution in [0.1, 0.15) is 25.0 Å². The summed E-state index contributed by atoms with van der Waals surface area (Å²) in [5.74, 6) is 0. The minimum Gasteiger partial charge on any atom is -0.382 e. The predicted molar refractivity (Wildman–Crippen MR) is 64.1 cm³/mol. The van der Waals surface area contributed by atoms with E-state index in [0.29, 0.717) is 12.2 Å². The van der Waals surface area contributed by atoms with E-state index in [2.05, 4.69) is 5.32 Å². The maximum absolute atomic E-state index is 12.5. The minimum atomic E-state index is -4.50. The first-order valence-electron chi connectivity index (χ1n) is 5.33. The van der Waals surface area contributed by atoms with Crippen molar-refractivity contribution in [1.29, 1.82) is 5.26 Å². The van der Waals surface area contributed by atoms with E-state index >= 15 is 0 Å². The minimum absolute atomic E-state index is 0.371. The van der Waals surface area contributed by atoms with Crippen molar-refractivity contribution in [3.8, 4) is 6.07 Å². The van der Waals surface area contributed by atoms with Gasteiger partial charge >= 0.3 is 6.18 Å². The van der Waals surface area contributed by atoms with Gasteiger partial charge in [-0.05, 0) is 32.0 Å². The van der Waals surface area contributed by atoms with Crippen molar-refractivity contribution in [2.75, 3.05) is 11.9 Å². The molecular formula is C13H13F3N2. The van der Waals surface area contributed by atoms with Gasteiger partial charge in [-0.1, -0.05) is 11.6 Å². The third-order valence-electron chi connectivity index (χ3n) is 2.26. The molecule has 5 heteroatoms. The zero-order valence-electron chi connectivity index (χ0n) is 10.1. The summed E-state index contributed by atoms with van der Waals surface area (Å²) >= 11 is 0. The van der Waals surface area contributed by atoms with Crippen molar-refractivity contribution in [2.45, 2.75) is 20.0 Å². The average Bonchev–Trinajstić information content (AvgIpc) is 2.26. The van der Waals surface area contributed by atoms with E-state index in [1.165, 1.54) is 12.1 Å². The number of allylic oxidation sites excluding steroid dienone is 1. The van der Waals surface area contributed by atoms with Crippen LogP contribution in [0.3, 0.4) is 0 Å². The number of nitriles is 1. The number of rotatable bonds is 3. The predicted octanol–water partition coefficient (Wildman–Crippen LogP) is 3.96. The number of benzene rings is 1. The number of nitrogens with zero attached hydrogens (tertiary/aromatic N) is 1. The Labute approximate surface area is 104 Å². The second-order valence-electron chi connectivity index (χ2n) is 4.03. The van der Waals surface area contributed by atoms with Crippen LogP contribution in [0.2, 0.25) is 0 Å². The average molecular weight is 254 g/mol. The van der Waals surface area contributed by atoms with Gasteiger partial charge in [0.25, 0.3) is 0 Å². The molecule has 0 aromatic heterocycles. The Morgan fingerprint density at radius 1 is 1.39 bits per heavy atom. The van der Waals surface area contributed by atoms with Crippen LogP contribution in [0.4, 0.5) is 18.9 Å². The molecular weight excluding hydrogens is 241 g/mol. The van der Waals surface area contributed by atoms with E-state index in [1.807, 2.05) is 19.9 Å². The number of hydrogen-bond donors (Lipinski definition) is 1. The summed E-state index contributed by atoms with van der Waals surface area (Å²) in [5.41, 5.74) is 0.328. The van der Waals surface area contributed by atoms with E-state index in [4.69, 9.17) is 5.26 Å². The molecule has 0 aliphatic rings. The smallest absolute Gasteiger partial charge is 0.382 e. The standard InChI is InChI=1S/C13H13F3N2/c1-9(2)5-6-18-11-3-4-12(13(14,15)16)10(7-11)8-17/h3-5,7,18H,6H2,1-2H3. The summed E-state index contributed by atoms with van der Waals surface area (Å²) in [6.07, 6.45) is -2.59. The fourth-order valence-electron chi connectivity index (χ4n) is 1.37. The summed E-state index contributed by atoms with van der Waals surface area (Å²) < 4.78 is 37.6. The fourth-order valence-corrected chi connectivity index (χ4v) is 1.37. The van der Waals surface area contributed by atoms with E-state index in [0.717, 1.165) is 11.6 Å². The van der Waals surface area contributed by atoms with Crippen LogP contribution in [0, 0.1) is 11.3 Å². The van der Waals surface area contributed by atoms with Crippen molar-refractivity contribution in [3.63, 3.8) is 0 Å². The van der Waals surface area contributed by atoms with Crippen molar-refractivity contribution in [1.82, 2.24) is 0 Å². The van der Waals surface area contributed by atoms with Gasteiger partial charge in [0.05, 0.1) is 17.2 Å². The number of nitrogens with one attached hydrogen (secondary N) is 1. The normalized spacial score (nSPS) is 10.7. The molecule has 0 spiro atoms. The largest absolute Gasteiger partial charge is 0.417 e. The SMILES string of the molecule is CC(C)=CCNc1ccc(C(F)(F)F)c(C#N)c1. The van der Waals surface area contributed by atoms with E-state index < -0.39 is 11.7 Å². The van der Waals surface area contributed by atoms with E-state index in [9.17, 15) is 13.2 Å². The van der Waals surface area contributed by atoms with Crippen LogP contribution >= 0.6 is 0 Å². The van der Waals surface area contributed by atoms with Gasteiger partial charge < -0.3 is 5.32 Å². The lowest BCUT2D eigenvalue weighted by molar-refractivity contribution is -0.137. The van der Waals surface area contributed by atoms with E-state index in [1.54, 1.807) is 6.07 Å². The molecule has 0 saturated heterocycles. The molecule has 0 unspecified atom stereocenters. The molecule has 0 atom stereocenters. The second-order valence-corrected chi connectivity index (χ2v) is 4.03. The van der Waals surface area contributed by atoms with Crippen LogP contribution in [0.25, 0.3) is 0 Å². The first kappa shape index (κ1) is 14.1. The highest BCUT2D eigenvalue weighted by Crippen LogP contribution is 2.32. The summed E-state index contributed by atoms with van der Waals surface area (Å²) in [6.45, 7) is 4.36. The molecule has 1 aromatic rings. The zero-order chi connectivity index (χ0) is 13.8. The van der Waals surface area contributed by atoms with Crippen molar-refractivity contribution < 1.29 is 13.2 Å². The molecule has 1 aromatic carbocycles. The number of hydrogen-bond acceptors (Lipinski definition) is 2. The molecule has 0 fully saturated rings. The summed E-state index contributed by atoms with van der Waals surface area (Å²) in [7, 11) is 0. The lowest BCUT2D eigenvalue weighted by atomic mass is 10.1. The van der Waals surface area contributed by atoms with Crippen LogP contribution in [0.15, 0.2) is 29.8 Å². The lowest BCUT2D eigenvalue weighted by Crippen LogP contribution is -2.08. The van der Waals surface area contributed by atoms with Gasteiger partial charge in [0.1, 0.15) is 0 Å². The highest BCUT2D eigenvalue weighted by Gasteiger charge is 2.33. The molecule has 0 radical (unpaired) electrons. The summed E-state index contributed by atoms with van der Waals surface area (Å²) in [4.78, 5) is 0. The van der Waals surface area contributed by atoms with Crippen molar-refractivity contribution >= 4 is 5.69 Å². The number of halogens is 3. The molecule has 0 saturated carbocycles. The Morgan fingerprint density at radius 3 is 2.56 bits per heavy atom. The lowest BCUT2D eigenvalue weighted by Gasteiger charge is -2.10. The van der Waals surface area contributed by atoms with Crippen LogP contribution in [0.5, 0.6) is 0 Å². The highest BCUT2D eigenvalue weighted by molar-refractivity contribution is 5.53. The second kappa shape index (κ2) is 5.58. The first-order chi connectivity index (χ1) is 8.34. The topological polar surface area (TPSA) is 35.8 Å². The monoisotopic (exact) mass is 254 g/mol. The molecule has 0 bridgehead atoms. The van der Waals surface area contributed by atoms with Gasteiger partial charge in [-0.3, -0.25) is 0 Å². The molecule has 0 aliphatic carbocycles. The molecule has 0 aliphatic heterocycles. The Morgan fingerprint density at radius 2 is 2.06 bits per heavy atom. The van der Waals surface area contributed by atoms with Gasteiger partial charge in [-0.25, -0.2) is 0 Å². The van der Waals surface area contributed by atoms with Gasteiger partial charge in [-0.2, -0.15) is 18.4 Å². The molecule has 96 valence electrons. The van der Waals surface area contributed by atoms with Crippen LogP contribution in [-0.4, -0.2) is 6.54 Å². The summed E-state index contributed by atoms with van der Waals surface area (Å²) in [5, 5.41) is 11.7. The van der Waals surface area contributed by atoms with Crippen LogP contribution in [-0.2, 0) is 6.18 Å². The Kier molecular flexibility index (Phi) is 4.38. The maximum Gasteiger partial charge on any atom is 0.417 e. The molecule has 2 nitrogen and oxygen atoms in total.